The van der Waals surface area contributed by atoms with Crippen molar-refractivity contribution in [2.75, 3.05) is 0 Å². The van der Waals surface area contributed by atoms with Gasteiger partial charge in [0.1, 0.15) is 16.9 Å². The molecule has 0 saturated carbocycles. The molecule has 18 rings (SSSR count). The van der Waals surface area contributed by atoms with Gasteiger partial charge in [-0.05, 0) is 136 Å². The van der Waals surface area contributed by atoms with Gasteiger partial charge in [-0.15, -0.1) is 11.3 Å². The molecule has 12 aromatic heterocycles. The van der Waals surface area contributed by atoms with E-state index in [1.807, 2.05) is 17.4 Å². The Labute approximate surface area is 625 Å². The number of para-hydroxylation sites is 5. The van der Waals surface area contributed by atoms with Crippen LogP contribution in [0.2, 0.25) is 0 Å². The van der Waals surface area contributed by atoms with Crippen LogP contribution >= 0.6 is 11.3 Å². The molecule has 0 aliphatic carbocycles. The molecule has 0 unspecified atom stereocenters. The number of rotatable bonds is 6. The monoisotopic (exact) mass is 1420 g/mol. The molecule has 0 N–H and O–H groups in total. The molecule has 105 heavy (non-hydrogen) atoms. The summed E-state index contributed by atoms with van der Waals surface area (Å²) in [4.78, 5) is 4.70. The van der Waals surface area contributed by atoms with Crippen molar-refractivity contribution in [1.82, 2.24) is 54.7 Å². The van der Waals surface area contributed by atoms with Gasteiger partial charge in [0.05, 0.1) is 48.8 Å². The smallest absolute Gasteiger partial charge is 0.215 e. The first-order valence-electron chi connectivity index (χ1n) is 37.5. The molecule has 0 bridgehead atoms. The second-order valence-electron chi connectivity index (χ2n) is 31.1. The van der Waals surface area contributed by atoms with Crippen LogP contribution < -0.4 is 0 Å². The predicted octanol–water partition coefficient (Wildman–Crippen LogP) is 24.6. The van der Waals surface area contributed by atoms with Crippen LogP contribution in [0.3, 0.4) is 0 Å². The van der Waals surface area contributed by atoms with Gasteiger partial charge in [0.25, 0.3) is 0 Å². The summed E-state index contributed by atoms with van der Waals surface area (Å²) in [5.74, 6) is 4.31. The molecule has 0 aliphatic heterocycles. The van der Waals surface area contributed by atoms with Gasteiger partial charge in [-0.1, -0.05) is 200 Å². The van der Waals surface area contributed by atoms with Crippen molar-refractivity contribution in [2.24, 2.45) is 56.4 Å². The fourth-order valence-corrected chi connectivity index (χ4v) is 19.0. The van der Waals surface area contributed by atoms with Gasteiger partial charge in [-0.25, -0.2) is 4.98 Å². The highest BCUT2D eigenvalue weighted by Crippen LogP contribution is 2.43. The van der Waals surface area contributed by atoms with Crippen molar-refractivity contribution < 1.29 is 0 Å². The van der Waals surface area contributed by atoms with Crippen LogP contribution in [0.5, 0.6) is 0 Å². The zero-order valence-corrected chi connectivity index (χ0v) is 67.6. The van der Waals surface area contributed by atoms with Gasteiger partial charge in [0.15, 0.2) is 0 Å². The van der Waals surface area contributed by atoms with Gasteiger partial charge in [-0.2, -0.15) is 0 Å². The maximum atomic E-state index is 4.70. The summed E-state index contributed by atoms with van der Waals surface area (Å²) in [5.41, 5.74) is 31.2. The lowest BCUT2D eigenvalue weighted by atomic mass is 9.99. The van der Waals surface area contributed by atoms with E-state index < -0.39 is 0 Å². The maximum Gasteiger partial charge on any atom is 0.215 e. The molecule has 0 amide bonds. The molecule has 0 fully saturated rings. The molecule has 0 spiro atoms. The first-order valence-corrected chi connectivity index (χ1v) is 38.4. The van der Waals surface area contributed by atoms with E-state index in [1.54, 1.807) is 0 Å². The van der Waals surface area contributed by atoms with E-state index in [4.69, 9.17) is 4.98 Å². The third kappa shape index (κ3) is 12.2. The fourth-order valence-electron chi connectivity index (χ4n) is 17.6. The Morgan fingerprint density at radius 2 is 0.790 bits per heavy atom. The Balaban J connectivity index is 0.000000118. The minimum Gasteiger partial charge on any atom is -0.346 e. The summed E-state index contributed by atoms with van der Waals surface area (Å²) in [6.07, 6.45) is 2.26. The van der Waals surface area contributed by atoms with Crippen molar-refractivity contribution in [1.29, 1.82) is 0 Å². The minimum absolute atomic E-state index is 0. The largest absolute Gasteiger partial charge is 0.346 e. The number of fused-ring (bicyclic) bond motifs is 18. The Morgan fingerprint density at radius 1 is 0.333 bits per heavy atom. The highest BCUT2D eigenvalue weighted by Gasteiger charge is 2.26. The number of nitrogens with zero attached hydrogens (tertiary/aromatic N) is 12. The van der Waals surface area contributed by atoms with Gasteiger partial charge in [0.2, 0.25) is 5.78 Å². The molecule has 0 saturated heterocycles. The van der Waals surface area contributed by atoms with Crippen LogP contribution in [0, 0.1) is 41.5 Å². The molecular weight excluding hydrogens is 1310 g/mol. The standard InChI is InChI=1S/2C16H20N2.2C15H18N2.C15H17NS.C14H17N3.CH4/c1-10(2)14-11(3)17(4)15-12-8-6-7-9-13(12)18(5)16(14)15;1-10(2)14-11(3)17(4)16-15(14)12-8-6-7-9-13(12)18(16)5;1-10(2)14-11(3)16(4)15-13-8-6-5-7-12(13)9-17(14)15;1-10(2)15-11(3)16(4)14-9-12-7-5-6-8-13(12)17(14)15;1-9(2)13-10(3)16(4)14-11-7-5-6-8-12(11)17-15(13)14;1-9(2)13-10(3)16(4)14-15-11-7-5-6-8-12(11)17(13)14;/h2*6-10H,1-5H3;2*5-10H,1-4H3;2*5-9H,1-4H3;1H4. The second-order valence-corrected chi connectivity index (χ2v) is 32.1. The molecule has 12 heterocycles. The summed E-state index contributed by atoms with van der Waals surface area (Å²) in [7, 11) is 17.3. The number of hydrogen-bond donors (Lipinski definition) is 0. The van der Waals surface area contributed by atoms with Crippen molar-refractivity contribution in [3.63, 3.8) is 0 Å². The number of hydrogen-bond acceptors (Lipinski definition) is 2. The van der Waals surface area contributed by atoms with Gasteiger partial charge >= 0.3 is 0 Å². The Kier molecular flexibility index (Phi) is 20.6. The van der Waals surface area contributed by atoms with Crippen LogP contribution in [0.4, 0.5) is 0 Å². The first kappa shape index (κ1) is 74.9. The van der Waals surface area contributed by atoms with E-state index in [2.05, 4.69) is 383 Å². The number of aromatic nitrogens is 12. The molecule has 0 aliphatic rings. The van der Waals surface area contributed by atoms with Gasteiger partial charge < -0.3 is 40.9 Å². The van der Waals surface area contributed by atoms with Gasteiger partial charge in [0, 0.05) is 156 Å². The van der Waals surface area contributed by atoms with E-state index in [9.17, 15) is 0 Å². The summed E-state index contributed by atoms with van der Waals surface area (Å²) in [5, 5.41) is 9.54. The zero-order chi connectivity index (χ0) is 74.7. The Hall–Kier alpha value is -9.85. The molecule has 13 heteroatoms. The predicted molar refractivity (Wildman–Crippen MR) is 456 cm³/mol. The maximum absolute atomic E-state index is 4.70. The summed E-state index contributed by atoms with van der Waals surface area (Å²) < 4.78 is 28.3. The van der Waals surface area contributed by atoms with Crippen LogP contribution in [0.25, 0.3) is 114 Å². The van der Waals surface area contributed by atoms with Crippen LogP contribution in [0.1, 0.15) is 194 Å². The lowest BCUT2D eigenvalue weighted by Crippen LogP contribution is -1.98. The molecule has 0 radical (unpaired) electrons. The second kappa shape index (κ2) is 28.9. The number of aryl methyl sites for hydroxylation is 8. The molecule has 6 aromatic carbocycles. The average molecular weight is 1420 g/mol. The molecular formula is C92H114N12S. The average Bonchev–Trinajstić information content (AvgIpc) is 1.60. The van der Waals surface area contributed by atoms with E-state index in [0.29, 0.717) is 35.5 Å². The quantitative estimate of drug-likeness (QED) is 0.164. The van der Waals surface area contributed by atoms with E-state index in [1.165, 1.54) is 171 Å². The highest BCUT2D eigenvalue weighted by molar-refractivity contribution is 7.26. The molecule has 12 nitrogen and oxygen atoms in total. The highest BCUT2D eigenvalue weighted by atomic mass is 32.1. The SMILES string of the molecule is C.Cc1c(C(C)C)c2c(c3ccccc3n2C)n1C.Cc1c(C(C)C)c2c3ccccc3n(C)c2n1C.Cc1c(C(C)C)c2sc3ccccc3c2n1C.Cc1c(C(C)C)n2c3ccccc3cc2n1C.Cc1c(C(C)C)n2c3ccccc3nc2n1C.Cc1c(C(C)C)n2cc3ccccc3c2n1C. The lowest BCUT2D eigenvalue weighted by molar-refractivity contribution is 0.792. The number of imidazole rings is 4. The third-order valence-electron chi connectivity index (χ3n) is 22.8. The molecule has 0 atom stereocenters. The van der Waals surface area contributed by atoms with Crippen molar-refractivity contribution >= 4 is 125 Å². The lowest BCUT2D eigenvalue weighted by Gasteiger charge is -2.08. The normalized spacial score (nSPS) is 12.0. The van der Waals surface area contributed by atoms with E-state index >= 15 is 0 Å². The summed E-state index contributed by atoms with van der Waals surface area (Å²) in [6, 6.07) is 53.9. The van der Waals surface area contributed by atoms with E-state index in [0.717, 1.165) is 11.3 Å². The van der Waals surface area contributed by atoms with Crippen molar-refractivity contribution in [3.05, 3.63) is 226 Å². The van der Waals surface area contributed by atoms with Crippen molar-refractivity contribution in [2.45, 2.75) is 168 Å². The Morgan fingerprint density at radius 3 is 1.40 bits per heavy atom. The zero-order valence-electron chi connectivity index (χ0n) is 66.8. The van der Waals surface area contributed by atoms with Crippen LogP contribution in [-0.2, 0) is 56.4 Å². The van der Waals surface area contributed by atoms with Gasteiger partial charge in [-0.3, -0.25) is 8.80 Å². The van der Waals surface area contributed by atoms with Crippen LogP contribution in [0.15, 0.2) is 158 Å². The summed E-state index contributed by atoms with van der Waals surface area (Å²) >= 11 is 1.93. The molecule has 18 aromatic rings. The van der Waals surface area contributed by atoms with E-state index in [-0.39, 0.29) is 7.43 Å². The Bertz CT molecular complexity index is 5980. The van der Waals surface area contributed by atoms with Crippen molar-refractivity contribution in [3.8, 4) is 0 Å². The first-order chi connectivity index (χ1) is 49.5. The number of benzene rings is 6. The fraction of sp³-hybridized carbons (Fsp3) is 0.359. The third-order valence-corrected chi connectivity index (χ3v) is 24.0. The number of thiophene rings is 1. The minimum atomic E-state index is 0. The molecule has 548 valence electrons. The topological polar surface area (TPSA) is 65.6 Å². The summed E-state index contributed by atoms with van der Waals surface area (Å²) in [6.45, 7) is 40.4. The van der Waals surface area contributed by atoms with Crippen LogP contribution in [-0.4, -0.2) is 54.7 Å².